The summed E-state index contributed by atoms with van der Waals surface area (Å²) in [4.78, 5) is 12.3. The topological polar surface area (TPSA) is 87.1 Å². The monoisotopic (exact) mass is 443 g/mol. The van der Waals surface area contributed by atoms with Gasteiger partial charge in [0, 0.05) is 36.4 Å². The fraction of sp³-hybridized carbons (Fsp3) is 0.591. The van der Waals surface area contributed by atoms with Gasteiger partial charge in [0.2, 0.25) is 11.9 Å². The number of halogens is 1. The number of hydrogen-bond donors (Lipinski definition) is 3. The second kappa shape index (κ2) is 8.76. The summed E-state index contributed by atoms with van der Waals surface area (Å²) in [5, 5.41) is 18.6. The van der Waals surface area contributed by atoms with E-state index in [1.165, 1.54) is 25.7 Å². The number of nitrogens with one attached hydrogen (secondary N) is 3. The Morgan fingerprint density at radius 2 is 2.03 bits per heavy atom. The minimum atomic E-state index is 0.0585. The highest BCUT2D eigenvalue weighted by Gasteiger charge is 2.47. The van der Waals surface area contributed by atoms with Gasteiger partial charge >= 0.3 is 0 Å². The zero-order chi connectivity index (χ0) is 21.4. The van der Waals surface area contributed by atoms with E-state index in [1.807, 2.05) is 24.3 Å². The van der Waals surface area contributed by atoms with Crippen molar-refractivity contribution in [2.24, 2.45) is 5.92 Å². The zero-order valence-corrected chi connectivity index (χ0v) is 18.6. The van der Waals surface area contributed by atoms with Crippen molar-refractivity contribution >= 4 is 23.5 Å². The molecule has 4 unspecified atom stereocenters. The number of aryl methyl sites for hydroxylation is 1. The molecule has 1 saturated heterocycles. The van der Waals surface area contributed by atoms with Gasteiger partial charge in [0.25, 0.3) is 0 Å². The van der Waals surface area contributed by atoms with E-state index in [1.54, 1.807) is 0 Å². The van der Waals surface area contributed by atoms with E-state index in [0.29, 0.717) is 29.9 Å². The maximum atomic E-state index is 12.3. The van der Waals surface area contributed by atoms with Crippen molar-refractivity contribution in [3.05, 3.63) is 40.7 Å². The lowest BCUT2D eigenvalue weighted by atomic mass is 9.81. The van der Waals surface area contributed by atoms with E-state index >= 15 is 0 Å². The Balaban J connectivity index is 1.21. The summed E-state index contributed by atoms with van der Waals surface area (Å²) in [5.74, 6) is 2.52. The molecule has 0 bridgehead atoms. The Morgan fingerprint density at radius 1 is 1.23 bits per heavy atom. The maximum absolute atomic E-state index is 12.3. The third-order valence-corrected chi connectivity index (χ3v) is 6.97. The first-order valence-corrected chi connectivity index (χ1v) is 11.7. The summed E-state index contributed by atoms with van der Waals surface area (Å²) in [5.41, 5.74) is 4.54. The highest BCUT2D eigenvalue weighted by atomic mass is 35.5. The number of rotatable bonds is 6. The molecule has 3 N–H and O–H groups in total. The third kappa shape index (κ3) is 4.16. The van der Waals surface area contributed by atoms with Crippen LogP contribution in [0.3, 0.4) is 0 Å². The van der Waals surface area contributed by atoms with Gasteiger partial charge in [-0.3, -0.25) is 19.7 Å². The van der Waals surface area contributed by atoms with Gasteiger partial charge < -0.3 is 5.32 Å². The predicted octanol–water partition coefficient (Wildman–Crippen LogP) is 2.90. The van der Waals surface area contributed by atoms with Gasteiger partial charge in [0.05, 0.1) is 6.17 Å². The molecule has 9 heteroatoms. The highest BCUT2D eigenvalue weighted by Crippen LogP contribution is 2.44. The highest BCUT2D eigenvalue weighted by molar-refractivity contribution is 6.30. The van der Waals surface area contributed by atoms with Crippen molar-refractivity contribution in [1.82, 2.24) is 30.8 Å². The lowest BCUT2D eigenvalue weighted by Gasteiger charge is -2.44. The van der Waals surface area contributed by atoms with Crippen LogP contribution in [0.15, 0.2) is 24.3 Å². The van der Waals surface area contributed by atoms with Crippen molar-refractivity contribution in [3.8, 4) is 0 Å². The smallest absolute Gasteiger partial charge is 0.243 e. The summed E-state index contributed by atoms with van der Waals surface area (Å²) in [7, 11) is 0. The number of benzene rings is 1. The van der Waals surface area contributed by atoms with Crippen LogP contribution in [0.5, 0.6) is 0 Å². The fourth-order valence-electron chi connectivity index (χ4n) is 5.27. The number of aromatic nitrogens is 3. The SMILES string of the molecule is CC1NC2C3CCCCC3n3c(CCCC(=O)NCc4ccc(Cl)cc4)nnc3N2N1. The normalized spacial score (nSPS) is 26.8. The summed E-state index contributed by atoms with van der Waals surface area (Å²) < 4.78 is 2.35. The molecule has 1 amide bonds. The Kier molecular flexibility index (Phi) is 5.86. The van der Waals surface area contributed by atoms with Crippen LogP contribution in [-0.4, -0.2) is 33.0 Å². The molecule has 3 heterocycles. The molecule has 4 atom stereocenters. The standard InChI is InChI=1S/C22H30ClN7O/c1-14-25-21-17-5-2-3-6-18(17)29-19(26-27-22(29)30(21)28-14)7-4-8-20(31)24-13-15-9-11-16(23)12-10-15/h9-12,14,17-18,21,25,28H,2-8,13H2,1H3,(H,24,31). The van der Waals surface area contributed by atoms with Crippen LogP contribution in [0.25, 0.3) is 0 Å². The fourth-order valence-corrected chi connectivity index (χ4v) is 5.40. The molecule has 1 saturated carbocycles. The number of anilines is 1. The van der Waals surface area contributed by atoms with Gasteiger partial charge in [0.15, 0.2) is 0 Å². The van der Waals surface area contributed by atoms with Gasteiger partial charge in [-0.1, -0.05) is 36.6 Å². The van der Waals surface area contributed by atoms with Gasteiger partial charge in [0.1, 0.15) is 12.0 Å². The largest absolute Gasteiger partial charge is 0.352 e. The summed E-state index contributed by atoms with van der Waals surface area (Å²) in [6.07, 6.45) is 7.42. The number of hydrogen-bond acceptors (Lipinski definition) is 6. The second-order valence-corrected chi connectivity index (χ2v) is 9.33. The van der Waals surface area contributed by atoms with Crippen molar-refractivity contribution < 1.29 is 4.79 Å². The minimum absolute atomic E-state index is 0.0585. The first-order chi connectivity index (χ1) is 15.1. The van der Waals surface area contributed by atoms with Gasteiger partial charge in [-0.25, -0.2) is 5.43 Å². The quantitative estimate of drug-likeness (QED) is 0.636. The Bertz CT molecular complexity index is 930. The van der Waals surface area contributed by atoms with E-state index in [9.17, 15) is 4.79 Å². The molecule has 2 aromatic rings. The van der Waals surface area contributed by atoms with E-state index < -0.39 is 0 Å². The summed E-state index contributed by atoms with van der Waals surface area (Å²) in [6.45, 7) is 2.66. The molecule has 8 nitrogen and oxygen atoms in total. The van der Waals surface area contributed by atoms with Gasteiger partial charge in [-0.2, -0.15) is 0 Å². The molecule has 2 aliphatic heterocycles. The van der Waals surface area contributed by atoms with Crippen molar-refractivity contribution in [2.75, 3.05) is 5.01 Å². The number of carbonyl (C=O) groups excluding carboxylic acids is 1. The second-order valence-electron chi connectivity index (χ2n) is 8.89. The van der Waals surface area contributed by atoms with Crippen molar-refractivity contribution in [2.45, 2.75) is 76.8 Å². The molecule has 3 aliphatic rings. The number of fused-ring (bicyclic) bond motifs is 6. The zero-order valence-electron chi connectivity index (χ0n) is 17.9. The molecule has 166 valence electrons. The van der Waals surface area contributed by atoms with Crippen LogP contribution in [0, 0.1) is 5.92 Å². The first kappa shape index (κ1) is 20.7. The molecule has 1 aromatic heterocycles. The molecule has 5 rings (SSSR count). The molecular formula is C22H30ClN7O. The number of nitrogens with zero attached hydrogens (tertiary/aromatic N) is 4. The predicted molar refractivity (Wildman–Crippen MR) is 119 cm³/mol. The van der Waals surface area contributed by atoms with E-state index in [0.717, 1.165) is 30.2 Å². The van der Waals surface area contributed by atoms with Crippen LogP contribution in [-0.2, 0) is 17.8 Å². The maximum Gasteiger partial charge on any atom is 0.243 e. The van der Waals surface area contributed by atoms with E-state index in [-0.39, 0.29) is 18.2 Å². The Labute approximate surface area is 187 Å². The van der Waals surface area contributed by atoms with E-state index in [4.69, 9.17) is 11.6 Å². The van der Waals surface area contributed by atoms with Crippen LogP contribution < -0.4 is 21.1 Å². The van der Waals surface area contributed by atoms with Crippen molar-refractivity contribution in [3.63, 3.8) is 0 Å². The average molecular weight is 444 g/mol. The first-order valence-electron chi connectivity index (χ1n) is 11.4. The molecule has 31 heavy (non-hydrogen) atoms. The molecule has 1 aromatic carbocycles. The van der Waals surface area contributed by atoms with Crippen LogP contribution in [0.4, 0.5) is 5.95 Å². The molecular weight excluding hydrogens is 414 g/mol. The van der Waals surface area contributed by atoms with Crippen molar-refractivity contribution in [1.29, 1.82) is 0 Å². The Morgan fingerprint density at radius 3 is 2.87 bits per heavy atom. The van der Waals surface area contributed by atoms with E-state index in [2.05, 4.69) is 42.8 Å². The molecule has 0 spiro atoms. The lowest BCUT2D eigenvalue weighted by molar-refractivity contribution is -0.121. The summed E-state index contributed by atoms with van der Waals surface area (Å²) in [6, 6.07) is 7.98. The number of amides is 1. The summed E-state index contributed by atoms with van der Waals surface area (Å²) >= 11 is 5.91. The third-order valence-electron chi connectivity index (χ3n) is 6.72. The van der Waals surface area contributed by atoms with Gasteiger partial charge in [-0.05, 0) is 43.9 Å². The average Bonchev–Trinajstić information content (AvgIpc) is 3.37. The number of carbonyl (C=O) groups is 1. The molecule has 0 radical (unpaired) electrons. The van der Waals surface area contributed by atoms with Gasteiger partial charge in [-0.15, -0.1) is 10.2 Å². The van der Waals surface area contributed by atoms with Crippen LogP contribution in [0.1, 0.15) is 62.9 Å². The van der Waals surface area contributed by atoms with Crippen LogP contribution >= 0.6 is 11.6 Å². The number of hydrazine groups is 1. The Hall–Kier alpha value is -2.16. The minimum Gasteiger partial charge on any atom is -0.352 e. The lowest BCUT2D eigenvalue weighted by Crippen LogP contribution is -2.53. The molecule has 1 aliphatic carbocycles. The molecule has 2 fully saturated rings. The van der Waals surface area contributed by atoms with Crippen LogP contribution in [0.2, 0.25) is 5.02 Å².